The summed E-state index contributed by atoms with van der Waals surface area (Å²) in [7, 11) is 0. The van der Waals surface area contributed by atoms with E-state index >= 15 is 0 Å². The molecule has 3 rings (SSSR count). The number of aromatic carboxylic acids is 1. The van der Waals surface area contributed by atoms with Gasteiger partial charge in [-0.15, -0.1) is 0 Å². The van der Waals surface area contributed by atoms with Crippen LogP contribution in [0.3, 0.4) is 0 Å². The Morgan fingerprint density at radius 1 is 1.28 bits per heavy atom. The molecule has 0 atom stereocenters. The van der Waals surface area contributed by atoms with Crippen LogP contribution in [0.5, 0.6) is 0 Å². The second kappa shape index (κ2) is 8.70. The van der Waals surface area contributed by atoms with Crippen molar-refractivity contribution >= 4 is 29.3 Å². The molecule has 152 valence electrons. The van der Waals surface area contributed by atoms with E-state index < -0.39 is 11.9 Å². The fourth-order valence-corrected chi connectivity index (χ4v) is 4.14. The number of anilines is 2. The van der Waals surface area contributed by atoms with Crippen LogP contribution in [0.1, 0.15) is 41.3 Å². The molecule has 1 heterocycles. The molecule has 2 N–H and O–H groups in total. The second-order valence-corrected chi connectivity index (χ2v) is 7.72. The molecule has 0 aromatic heterocycles. The molecule has 0 amide bonds. The summed E-state index contributed by atoms with van der Waals surface area (Å²) < 4.78 is 30.3. The lowest BCUT2D eigenvalue weighted by molar-refractivity contribution is -0.0220. The van der Waals surface area contributed by atoms with E-state index in [-0.39, 0.29) is 31.5 Å². The van der Waals surface area contributed by atoms with E-state index in [1.54, 1.807) is 36.4 Å². The number of aryl methyl sites for hydroxylation is 1. The molecule has 0 unspecified atom stereocenters. The first kappa shape index (κ1) is 20.9. The van der Waals surface area contributed by atoms with Crippen LogP contribution in [-0.4, -0.2) is 30.1 Å². The summed E-state index contributed by atoms with van der Waals surface area (Å²) >= 11 is 1.26. The number of nitriles is 1. The monoisotopic (exact) mass is 417 g/mol. The Morgan fingerprint density at radius 2 is 2.00 bits per heavy atom. The average molecular weight is 417 g/mol. The minimum Gasteiger partial charge on any atom is -0.478 e. The van der Waals surface area contributed by atoms with Gasteiger partial charge in [0.2, 0.25) is 0 Å². The van der Waals surface area contributed by atoms with Crippen LogP contribution < -0.4 is 9.62 Å². The summed E-state index contributed by atoms with van der Waals surface area (Å²) in [5.41, 5.74) is 3.02. The summed E-state index contributed by atoms with van der Waals surface area (Å²) in [5, 5.41) is 18.5. The number of carbonyl (C=O) groups is 1. The van der Waals surface area contributed by atoms with Gasteiger partial charge in [0.25, 0.3) is 5.92 Å². The topological polar surface area (TPSA) is 76.4 Å². The lowest BCUT2D eigenvalue weighted by Gasteiger charge is -2.34. The maximum absolute atomic E-state index is 13.5. The first-order chi connectivity index (χ1) is 13.8. The third kappa shape index (κ3) is 4.98. The number of hydrogen-bond acceptors (Lipinski definition) is 5. The fourth-order valence-electron chi connectivity index (χ4n) is 3.22. The van der Waals surface area contributed by atoms with Gasteiger partial charge in [-0.1, -0.05) is 13.0 Å². The zero-order valence-corrected chi connectivity index (χ0v) is 16.7. The van der Waals surface area contributed by atoms with Gasteiger partial charge in [0.05, 0.1) is 28.6 Å². The van der Waals surface area contributed by atoms with Gasteiger partial charge in [-0.05, 0) is 54.3 Å². The maximum Gasteiger partial charge on any atom is 0.335 e. The molecule has 2 aromatic carbocycles. The highest BCUT2D eigenvalue weighted by Crippen LogP contribution is 2.36. The molecule has 0 bridgehead atoms. The van der Waals surface area contributed by atoms with Gasteiger partial charge in [0.1, 0.15) is 0 Å². The highest BCUT2D eigenvalue weighted by molar-refractivity contribution is 8.00. The van der Waals surface area contributed by atoms with E-state index in [9.17, 15) is 23.9 Å². The summed E-state index contributed by atoms with van der Waals surface area (Å²) in [4.78, 5) is 13.9. The molecule has 29 heavy (non-hydrogen) atoms. The van der Waals surface area contributed by atoms with Gasteiger partial charge in [-0.25, -0.2) is 13.6 Å². The number of benzene rings is 2. The van der Waals surface area contributed by atoms with Crippen molar-refractivity contribution in [1.29, 1.82) is 5.26 Å². The number of carboxylic acids is 1. The van der Waals surface area contributed by atoms with Crippen molar-refractivity contribution in [3.05, 3.63) is 53.1 Å². The molecule has 1 aliphatic rings. The van der Waals surface area contributed by atoms with Crippen LogP contribution in [0, 0.1) is 11.3 Å². The first-order valence-corrected chi connectivity index (χ1v) is 10.1. The van der Waals surface area contributed by atoms with Crippen molar-refractivity contribution in [3.63, 3.8) is 0 Å². The minimum atomic E-state index is -2.64. The molecule has 0 radical (unpaired) electrons. The fraction of sp³-hybridized carbons (Fsp3) is 0.333. The molecule has 5 nitrogen and oxygen atoms in total. The zero-order chi connectivity index (χ0) is 21.0. The molecular formula is C21H21F2N3O2S. The first-order valence-electron chi connectivity index (χ1n) is 9.29. The van der Waals surface area contributed by atoms with Crippen LogP contribution >= 0.6 is 11.9 Å². The lowest BCUT2D eigenvalue weighted by Crippen LogP contribution is -2.39. The molecule has 0 aliphatic carbocycles. The van der Waals surface area contributed by atoms with E-state index in [0.29, 0.717) is 11.3 Å². The molecule has 8 heteroatoms. The van der Waals surface area contributed by atoms with Crippen LogP contribution in [0.15, 0.2) is 41.3 Å². The maximum atomic E-state index is 13.5. The summed E-state index contributed by atoms with van der Waals surface area (Å²) in [6.07, 6.45) is 0.316. The van der Waals surface area contributed by atoms with Crippen LogP contribution in [0.4, 0.5) is 20.2 Å². The molecule has 0 spiro atoms. The van der Waals surface area contributed by atoms with Crippen molar-refractivity contribution in [3.8, 4) is 6.07 Å². The Kier molecular flexibility index (Phi) is 6.28. The SMILES string of the molecule is CCc1ccc(C(=O)O)cc1SNc1cc(C#N)ccc1N1CCC(F)(F)CC1. The lowest BCUT2D eigenvalue weighted by atomic mass is 10.1. The third-order valence-electron chi connectivity index (χ3n) is 4.93. The van der Waals surface area contributed by atoms with E-state index in [0.717, 1.165) is 22.6 Å². The van der Waals surface area contributed by atoms with Gasteiger partial charge in [-0.2, -0.15) is 5.26 Å². The van der Waals surface area contributed by atoms with Gasteiger partial charge in [0, 0.05) is 30.8 Å². The van der Waals surface area contributed by atoms with Gasteiger partial charge in [-0.3, -0.25) is 0 Å². The minimum absolute atomic E-state index is 0.191. The number of halogens is 2. The zero-order valence-electron chi connectivity index (χ0n) is 15.9. The van der Waals surface area contributed by atoms with E-state index in [4.69, 9.17) is 0 Å². The Labute approximate surface area is 172 Å². The van der Waals surface area contributed by atoms with Gasteiger partial charge in [0.15, 0.2) is 0 Å². The molecule has 1 saturated heterocycles. The molecule has 0 saturated carbocycles. The Balaban J connectivity index is 1.86. The van der Waals surface area contributed by atoms with Crippen molar-refractivity contribution in [1.82, 2.24) is 0 Å². The average Bonchev–Trinajstić information content (AvgIpc) is 2.72. The summed E-state index contributed by atoms with van der Waals surface area (Å²) in [5.74, 6) is -3.64. The highest BCUT2D eigenvalue weighted by Gasteiger charge is 2.34. The largest absolute Gasteiger partial charge is 0.478 e. The van der Waals surface area contributed by atoms with E-state index in [2.05, 4.69) is 10.8 Å². The number of nitrogens with zero attached hydrogens (tertiary/aromatic N) is 2. The van der Waals surface area contributed by atoms with Crippen molar-refractivity contribution in [2.45, 2.75) is 37.0 Å². The number of rotatable bonds is 6. The van der Waals surface area contributed by atoms with E-state index in [1.807, 2.05) is 11.8 Å². The van der Waals surface area contributed by atoms with Crippen LogP contribution in [0.25, 0.3) is 0 Å². The molecule has 1 fully saturated rings. The van der Waals surface area contributed by atoms with Crippen molar-refractivity contribution < 1.29 is 18.7 Å². The van der Waals surface area contributed by atoms with E-state index in [1.165, 1.54) is 11.9 Å². The standard InChI is InChI=1S/C21H21F2N3O2S/c1-2-15-4-5-16(20(27)28)12-19(15)29-25-17-11-14(13-24)3-6-18(17)26-9-7-21(22,23)8-10-26/h3-6,11-12,25H,2,7-10H2,1H3,(H,27,28). The third-order valence-corrected chi connectivity index (χ3v) is 5.85. The highest BCUT2D eigenvalue weighted by atomic mass is 32.2. The number of alkyl halides is 2. The molecule has 1 aliphatic heterocycles. The van der Waals surface area contributed by atoms with Gasteiger partial charge >= 0.3 is 5.97 Å². The number of hydrogen-bond donors (Lipinski definition) is 2. The Hall–Kier alpha value is -2.79. The Bertz CT molecular complexity index is 949. The van der Waals surface area contributed by atoms with Crippen LogP contribution in [-0.2, 0) is 6.42 Å². The summed E-state index contributed by atoms with van der Waals surface area (Å²) in [6, 6.07) is 12.2. The number of carboxylic acid groups (broad SMARTS) is 1. The van der Waals surface area contributed by atoms with Crippen molar-refractivity contribution in [2.24, 2.45) is 0 Å². The van der Waals surface area contributed by atoms with Crippen molar-refractivity contribution in [2.75, 3.05) is 22.7 Å². The quantitative estimate of drug-likeness (QED) is 0.631. The van der Waals surface area contributed by atoms with Gasteiger partial charge < -0.3 is 14.7 Å². The number of piperidine rings is 1. The molecular weight excluding hydrogens is 396 g/mol. The normalized spacial score (nSPS) is 15.6. The smallest absolute Gasteiger partial charge is 0.335 e. The summed E-state index contributed by atoms with van der Waals surface area (Å²) in [6.45, 7) is 2.44. The number of nitrogens with one attached hydrogen (secondary N) is 1. The Morgan fingerprint density at radius 3 is 2.62 bits per heavy atom. The predicted molar refractivity (Wildman–Crippen MR) is 110 cm³/mol. The van der Waals surface area contributed by atoms with Crippen LogP contribution in [0.2, 0.25) is 0 Å². The molecule has 2 aromatic rings. The second-order valence-electron chi connectivity index (χ2n) is 6.87. The predicted octanol–water partition coefficient (Wildman–Crippen LogP) is 5.17.